The van der Waals surface area contributed by atoms with Crippen LogP contribution in [0, 0.1) is 0 Å². The van der Waals surface area contributed by atoms with Crippen LogP contribution in [0.4, 0.5) is 11.8 Å². The number of aliphatic hydroxyl groups excluding tert-OH is 1. The van der Waals surface area contributed by atoms with Crippen LogP contribution < -0.4 is 10.6 Å². The summed E-state index contributed by atoms with van der Waals surface area (Å²) in [6.45, 7) is 3.48. The summed E-state index contributed by atoms with van der Waals surface area (Å²) in [6.07, 6.45) is -0.266. The number of benzene rings is 2. The first-order valence-electron chi connectivity index (χ1n) is 12.5. The van der Waals surface area contributed by atoms with Crippen molar-refractivity contribution >= 4 is 52.4 Å². The number of carbonyl (C=O) groups excluding carboxylic acids is 1. The lowest BCUT2D eigenvalue weighted by molar-refractivity contribution is -0.156. The highest BCUT2D eigenvalue weighted by Gasteiger charge is 2.38. The van der Waals surface area contributed by atoms with Crippen molar-refractivity contribution in [2.75, 3.05) is 17.2 Å². The van der Waals surface area contributed by atoms with Crippen molar-refractivity contribution in [3.8, 4) is 0 Å². The Hall–Kier alpha value is -4.78. The van der Waals surface area contributed by atoms with E-state index in [-0.39, 0.29) is 41.2 Å². The number of carbonyl (C=O) groups is 2. The zero-order chi connectivity index (χ0) is 29.1. The van der Waals surface area contributed by atoms with Crippen molar-refractivity contribution in [1.29, 1.82) is 0 Å². The van der Waals surface area contributed by atoms with E-state index in [0.717, 1.165) is 0 Å². The molecule has 2 aromatic carbocycles. The molecule has 1 aliphatic rings. The first-order chi connectivity index (χ1) is 19.8. The summed E-state index contributed by atoms with van der Waals surface area (Å²) in [5, 5.41) is 26.3. The van der Waals surface area contributed by atoms with Crippen LogP contribution in [-0.2, 0) is 9.53 Å². The minimum absolute atomic E-state index is 0.0180. The monoisotopic (exact) mass is 576 g/mol. The SMILES string of the molecule is CCOC(O)N1C(Nc2nc3ccccc3o2)=NC(c2ccccc2Cl)C(C(=O)Nc2cc(C(=O)O)ccn2)=C1C. The third kappa shape index (κ3) is 5.75. The third-order valence-corrected chi connectivity index (χ3v) is 6.59. The Morgan fingerprint density at radius 1 is 1.17 bits per heavy atom. The van der Waals surface area contributed by atoms with Crippen molar-refractivity contribution in [2.24, 2.45) is 4.99 Å². The molecule has 41 heavy (non-hydrogen) atoms. The predicted octanol–water partition coefficient (Wildman–Crippen LogP) is 4.62. The number of amides is 1. The number of aliphatic hydroxyl groups is 1. The Bertz CT molecular complexity index is 1650. The maximum atomic E-state index is 13.8. The number of guanidine groups is 1. The molecule has 13 heteroatoms. The Morgan fingerprint density at radius 2 is 1.93 bits per heavy atom. The number of para-hydroxylation sites is 2. The maximum absolute atomic E-state index is 13.8. The van der Waals surface area contributed by atoms with Crippen LogP contribution >= 0.6 is 11.6 Å². The highest BCUT2D eigenvalue weighted by atomic mass is 35.5. The number of anilines is 2. The average Bonchev–Trinajstić information content (AvgIpc) is 3.35. The van der Waals surface area contributed by atoms with Crippen LogP contribution in [-0.4, -0.2) is 55.9 Å². The largest absolute Gasteiger partial charge is 0.478 e. The number of rotatable bonds is 8. The molecule has 0 spiro atoms. The second-order valence-electron chi connectivity index (χ2n) is 8.83. The lowest BCUT2D eigenvalue weighted by Crippen LogP contribution is -2.48. The predicted molar refractivity (Wildman–Crippen MR) is 151 cm³/mol. The van der Waals surface area contributed by atoms with Crippen LogP contribution in [0.2, 0.25) is 5.02 Å². The number of aromatic nitrogens is 2. The Labute approximate surface area is 238 Å². The van der Waals surface area contributed by atoms with Gasteiger partial charge in [0.05, 0.1) is 11.1 Å². The minimum atomic E-state index is -1.54. The van der Waals surface area contributed by atoms with Crippen molar-refractivity contribution in [1.82, 2.24) is 14.9 Å². The van der Waals surface area contributed by atoms with Gasteiger partial charge < -0.3 is 24.7 Å². The molecule has 0 saturated carbocycles. The van der Waals surface area contributed by atoms with Gasteiger partial charge in [0.25, 0.3) is 5.91 Å². The van der Waals surface area contributed by atoms with E-state index in [9.17, 15) is 19.8 Å². The second-order valence-corrected chi connectivity index (χ2v) is 9.24. The molecule has 210 valence electrons. The number of nitrogens with one attached hydrogen (secondary N) is 2. The number of hydrogen-bond donors (Lipinski definition) is 4. The van der Waals surface area contributed by atoms with E-state index in [1.165, 1.54) is 23.2 Å². The first-order valence-corrected chi connectivity index (χ1v) is 12.9. The molecular formula is C28H25ClN6O6. The van der Waals surface area contributed by atoms with Crippen molar-refractivity contribution in [3.63, 3.8) is 0 Å². The number of hydrogen-bond acceptors (Lipinski definition) is 10. The van der Waals surface area contributed by atoms with Gasteiger partial charge in [-0.3, -0.25) is 15.0 Å². The zero-order valence-corrected chi connectivity index (χ0v) is 22.7. The second kappa shape index (κ2) is 11.8. The first kappa shape index (κ1) is 27.8. The number of nitrogens with zero attached hydrogens (tertiary/aromatic N) is 4. The highest BCUT2D eigenvalue weighted by molar-refractivity contribution is 6.31. The van der Waals surface area contributed by atoms with E-state index in [4.69, 9.17) is 25.7 Å². The van der Waals surface area contributed by atoms with Gasteiger partial charge in [-0.2, -0.15) is 4.98 Å². The minimum Gasteiger partial charge on any atom is -0.478 e. The normalized spacial score (nSPS) is 16.0. The molecule has 5 rings (SSSR count). The topological polar surface area (TPSA) is 162 Å². The molecule has 3 heterocycles. The molecule has 12 nitrogen and oxygen atoms in total. The quantitative estimate of drug-likeness (QED) is 0.218. The number of fused-ring (bicyclic) bond motifs is 1. The number of aromatic carboxylic acids is 1. The Kier molecular flexibility index (Phi) is 7.97. The molecule has 0 saturated heterocycles. The van der Waals surface area contributed by atoms with Crippen LogP contribution in [0.1, 0.15) is 35.8 Å². The van der Waals surface area contributed by atoms with E-state index in [2.05, 4.69) is 20.6 Å². The number of carboxylic acid groups (broad SMARTS) is 1. The van der Waals surface area contributed by atoms with Crippen molar-refractivity contribution in [2.45, 2.75) is 26.3 Å². The number of oxazole rings is 1. The molecular weight excluding hydrogens is 552 g/mol. The van der Waals surface area contributed by atoms with Crippen LogP contribution in [0.15, 0.2) is 87.5 Å². The summed E-state index contributed by atoms with van der Waals surface area (Å²) in [4.78, 5) is 39.8. The standard InChI is InChI=1S/C28H25ClN6O6/c1-3-40-28(39)35-15(2)22(24(36)32-21-14-16(25(37)38)12-13-30-21)23(17-8-4-5-9-18(17)29)33-26(35)34-27-31-19-10-6-7-11-20(19)41-27/h4-14,23,28,39H,3H2,1-2H3,(H,37,38)(H,30,32,36)(H,31,33,34). The molecule has 1 aliphatic heterocycles. The molecule has 2 unspecified atom stereocenters. The molecule has 2 aromatic heterocycles. The molecule has 1 amide bonds. The number of carboxylic acids is 1. The fraction of sp³-hybridized carbons (Fsp3) is 0.179. The van der Waals surface area contributed by atoms with Gasteiger partial charge in [-0.1, -0.05) is 41.9 Å². The molecule has 0 bridgehead atoms. The summed E-state index contributed by atoms with van der Waals surface area (Å²) >= 11 is 6.56. The molecule has 0 fully saturated rings. The van der Waals surface area contributed by atoms with E-state index in [1.54, 1.807) is 50.2 Å². The zero-order valence-electron chi connectivity index (χ0n) is 21.9. The van der Waals surface area contributed by atoms with Gasteiger partial charge in [0.15, 0.2) is 5.58 Å². The van der Waals surface area contributed by atoms with Gasteiger partial charge in [0.1, 0.15) is 17.4 Å². The summed E-state index contributed by atoms with van der Waals surface area (Å²) in [5.41, 5.74) is 1.99. The van der Waals surface area contributed by atoms with E-state index >= 15 is 0 Å². The number of allylic oxidation sites excluding steroid dienone is 1. The van der Waals surface area contributed by atoms with Gasteiger partial charge in [0, 0.05) is 29.1 Å². The van der Waals surface area contributed by atoms with Gasteiger partial charge in [0.2, 0.25) is 12.4 Å². The molecule has 4 aromatic rings. The number of ether oxygens (including phenoxy) is 1. The van der Waals surface area contributed by atoms with Gasteiger partial charge in [-0.05, 0) is 44.2 Å². The van der Waals surface area contributed by atoms with E-state index in [0.29, 0.717) is 21.7 Å². The average molecular weight is 577 g/mol. The van der Waals surface area contributed by atoms with Crippen LogP contribution in [0.3, 0.4) is 0 Å². The number of pyridine rings is 1. The Balaban J connectivity index is 1.60. The molecule has 4 N–H and O–H groups in total. The fourth-order valence-electron chi connectivity index (χ4n) is 4.37. The molecule has 2 atom stereocenters. The van der Waals surface area contributed by atoms with Crippen molar-refractivity contribution < 1.29 is 29.0 Å². The van der Waals surface area contributed by atoms with Gasteiger partial charge >= 0.3 is 12.0 Å². The summed E-state index contributed by atoms with van der Waals surface area (Å²) in [7, 11) is 0. The summed E-state index contributed by atoms with van der Waals surface area (Å²) in [6, 6.07) is 15.8. The summed E-state index contributed by atoms with van der Waals surface area (Å²) < 4.78 is 11.3. The number of halogens is 1. The number of aliphatic imine (C=N–C) groups is 1. The molecule has 0 radical (unpaired) electrons. The lowest BCUT2D eigenvalue weighted by Gasteiger charge is -2.37. The lowest BCUT2D eigenvalue weighted by atomic mass is 9.95. The summed E-state index contributed by atoms with van der Waals surface area (Å²) in [5.74, 6) is -1.71. The fourth-order valence-corrected chi connectivity index (χ4v) is 4.61. The van der Waals surface area contributed by atoms with Crippen LogP contribution in [0.25, 0.3) is 11.1 Å². The highest BCUT2D eigenvalue weighted by Crippen LogP contribution is 2.38. The molecule has 0 aliphatic carbocycles. The maximum Gasteiger partial charge on any atom is 0.335 e. The van der Waals surface area contributed by atoms with E-state index in [1.807, 2.05) is 12.1 Å². The van der Waals surface area contributed by atoms with Gasteiger partial charge in [-0.15, -0.1) is 0 Å². The Morgan fingerprint density at radius 3 is 2.66 bits per heavy atom. The van der Waals surface area contributed by atoms with Crippen molar-refractivity contribution in [3.05, 3.63) is 94.3 Å². The van der Waals surface area contributed by atoms with Gasteiger partial charge in [-0.25, -0.2) is 14.8 Å². The smallest absolute Gasteiger partial charge is 0.335 e. The van der Waals surface area contributed by atoms with Crippen LogP contribution in [0.5, 0.6) is 0 Å². The van der Waals surface area contributed by atoms with E-state index < -0.39 is 24.3 Å². The third-order valence-electron chi connectivity index (χ3n) is 6.25.